The molecular weight excluding hydrogens is 264 g/mol. The van der Waals surface area contributed by atoms with Crippen LogP contribution < -0.4 is 0 Å². The van der Waals surface area contributed by atoms with Crippen molar-refractivity contribution in [3.8, 4) is 0 Å². The molecule has 1 aromatic heterocycles. The maximum absolute atomic E-state index is 12.8. The highest BCUT2D eigenvalue weighted by atomic mass is 16.2. The number of likely N-dealkylation sites (N-methyl/N-ethyl adjacent to an activating group) is 1. The zero-order valence-electron chi connectivity index (χ0n) is 14.2. The van der Waals surface area contributed by atoms with Gasteiger partial charge in [-0.25, -0.2) is 0 Å². The highest BCUT2D eigenvalue weighted by Crippen LogP contribution is 2.26. The Morgan fingerprint density at radius 3 is 2.24 bits per heavy atom. The zero-order valence-corrected chi connectivity index (χ0v) is 14.2. The second kappa shape index (κ2) is 5.79. The lowest BCUT2D eigenvalue weighted by molar-refractivity contribution is 0.0662. The van der Waals surface area contributed by atoms with E-state index in [-0.39, 0.29) is 17.4 Å². The Balaban J connectivity index is 2.31. The molecule has 0 bridgehead atoms. The van der Waals surface area contributed by atoms with Crippen molar-refractivity contribution in [2.45, 2.75) is 46.1 Å². The Bertz CT molecular complexity index is 505. The summed E-state index contributed by atoms with van der Waals surface area (Å²) in [5.41, 5.74) is 1.70. The average molecular weight is 292 g/mol. The van der Waals surface area contributed by atoms with Gasteiger partial charge in [0.25, 0.3) is 5.91 Å². The first-order valence-corrected chi connectivity index (χ1v) is 7.78. The van der Waals surface area contributed by atoms with Gasteiger partial charge in [-0.2, -0.15) is 5.10 Å². The molecule has 0 spiro atoms. The molecule has 0 unspecified atom stereocenters. The monoisotopic (exact) mass is 292 g/mol. The smallest absolute Gasteiger partial charge is 0.257 e. The molecule has 1 amide bonds. The molecule has 0 saturated carbocycles. The summed E-state index contributed by atoms with van der Waals surface area (Å²) in [4.78, 5) is 17.0. The number of hydrogen-bond donors (Lipinski definition) is 0. The number of nitrogens with zero attached hydrogens (tertiary/aromatic N) is 4. The molecule has 0 aliphatic carbocycles. The van der Waals surface area contributed by atoms with Gasteiger partial charge in [-0.1, -0.05) is 13.8 Å². The summed E-state index contributed by atoms with van der Waals surface area (Å²) in [5.74, 6) is 0.403. The minimum absolute atomic E-state index is 0.111. The average Bonchev–Trinajstić information content (AvgIpc) is 2.83. The van der Waals surface area contributed by atoms with Gasteiger partial charge in [0.05, 0.1) is 23.0 Å². The predicted octanol–water partition coefficient (Wildman–Crippen LogP) is 2.15. The van der Waals surface area contributed by atoms with Crippen LogP contribution in [-0.2, 0) is 5.54 Å². The quantitative estimate of drug-likeness (QED) is 0.838. The van der Waals surface area contributed by atoms with Crippen LogP contribution in [0.3, 0.4) is 0 Å². The van der Waals surface area contributed by atoms with Crippen molar-refractivity contribution >= 4 is 5.91 Å². The lowest BCUT2D eigenvalue weighted by atomic mass is 10.0. The summed E-state index contributed by atoms with van der Waals surface area (Å²) < 4.78 is 2.00. The van der Waals surface area contributed by atoms with Crippen LogP contribution in [0.1, 0.15) is 56.6 Å². The third-order valence-electron chi connectivity index (χ3n) is 4.01. The van der Waals surface area contributed by atoms with Crippen LogP contribution in [0, 0.1) is 0 Å². The predicted molar refractivity (Wildman–Crippen MR) is 84.7 cm³/mol. The molecule has 1 saturated heterocycles. The number of hydrogen-bond acceptors (Lipinski definition) is 3. The summed E-state index contributed by atoms with van der Waals surface area (Å²) in [6.45, 7) is 14.1. The normalized spacial score (nSPS) is 17.6. The molecule has 118 valence electrons. The molecule has 0 N–H and O–H groups in total. The van der Waals surface area contributed by atoms with Crippen molar-refractivity contribution in [1.82, 2.24) is 19.6 Å². The van der Waals surface area contributed by atoms with Crippen LogP contribution in [-0.4, -0.2) is 58.7 Å². The van der Waals surface area contributed by atoms with E-state index < -0.39 is 0 Å². The Kier molecular flexibility index (Phi) is 4.42. The van der Waals surface area contributed by atoms with E-state index in [1.54, 1.807) is 6.20 Å². The molecule has 1 aliphatic heterocycles. The minimum atomic E-state index is -0.111. The van der Waals surface area contributed by atoms with Crippen molar-refractivity contribution in [1.29, 1.82) is 0 Å². The largest absolute Gasteiger partial charge is 0.336 e. The topological polar surface area (TPSA) is 41.4 Å². The fraction of sp³-hybridized carbons (Fsp3) is 0.750. The minimum Gasteiger partial charge on any atom is -0.336 e. The van der Waals surface area contributed by atoms with Crippen LogP contribution in [0.5, 0.6) is 0 Å². The number of piperazine rings is 1. The first kappa shape index (κ1) is 16.0. The molecule has 1 fully saturated rings. The molecule has 2 heterocycles. The Morgan fingerprint density at radius 2 is 1.76 bits per heavy atom. The maximum Gasteiger partial charge on any atom is 0.257 e. The molecule has 0 radical (unpaired) electrons. The summed E-state index contributed by atoms with van der Waals surface area (Å²) >= 11 is 0. The highest BCUT2D eigenvalue weighted by molar-refractivity contribution is 5.95. The SMILES string of the molecule is CC(C)c1c(C(=O)N2CCN(C)CC2)cnn1C(C)(C)C. The third kappa shape index (κ3) is 3.28. The van der Waals surface area contributed by atoms with E-state index in [4.69, 9.17) is 0 Å². The molecule has 1 aromatic rings. The van der Waals surface area contributed by atoms with Crippen LogP contribution in [0.4, 0.5) is 0 Å². The van der Waals surface area contributed by atoms with Crippen LogP contribution >= 0.6 is 0 Å². The van der Waals surface area contributed by atoms with Gasteiger partial charge >= 0.3 is 0 Å². The summed E-state index contributed by atoms with van der Waals surface area (Å²) in [7, 11) is 2.10. The zero-order chi connectivity index (χ0) is 15.8. The van der Waals surface area contributed by atoms with Gasteiger partial charge in [-0.15, -0.1) is 0 Å². The third-order valence-corrected chi connectivity index (χ3v) is 4.01. The van der Waals surface area contributed by atoms with Gasteiger partial charge in [0.2, 0.25) is 0 Å². The van der Waals surface area contributed by atoms with E-state index >= 15 is 0 Å². The summed E-state index contributed by atoms with van der Waals surface area (Å²) in [5, 5.41) is 4.50. The Morgan fingerprint density at radius 1 is 1.19 bits per heavy atom. The maximum atomic E-state index is 12.8. The van der Waals surface area contributed by atoms with Crippen LogP contribution in [0.15, 0.2) is 6.20 Å². The Hall–Kier alpha value is -1.36. The first-order valence-electron chi connectivity index (χ1n) is 7.78. The van der Waals surface area contributed by atoms with E-state index in [0.29, 0.717) is 0 Å². The van der Waals surface area contributed by atoms with E-state index in [1.807, 2.05) is 9.58 Å². The van der Waals surface area contributed by atoms with E-state index in [9.17, 15) is 4.79 Å². The molecule has 5 nitrogen and oxygen atoms in total. The van der Waals surface area contributed by atoms with Crippen LogP contribution in [0.25, 0.3) is 0 Å². The Labute approximate surface area is 127 Å². The van der Waals surface area contributed by atoms with Gasteiger partial charge < -0.3 is 9.80 Å². The molecule has 5 heteroatoms. The van der Waals surface area contributed by atoms with Crippen molar-refractivity contribution < 1.29 is 4.79 Å². The molecule has 0 atom stereocenters. The fourth-order valence-electron chi connectivity index (χ4n) is 2.79. The number of amides is 1. The second-order valence-corrected chi connectivity index (χ2v) is 7.28. The van der Waals surface area contributed by atoms with Gasteiger partial charge in [-0.3, -0.25) is 9.48 Å². The van der Waals surface area contributed by atoms with E-state index in [0.717, 1.165) is 37.4 Å². The summed E-state index contributed by atoms with van der Waals surface area (Å²) in [6, 6.07) is 0. The van der Waals surface area contributed by atoms with Gasteiger partial charge in [0.15, 0.2) is 0 Å². The van der Waals surface area contributed by atoms with E-state index in [2.05, 4.69) is 51.7 Å². The van der Waals surface area contributed by atoms with Gasteiger partial charge in [-0.05, 0) is 33.7 Å². The second-order valence-electron chi connectivity index (χ2n) is 7.28. The van der Waals surface area contributed by atoms with Crippen molar-refractivity contribution in [2.24, 2.45) is 0 Å². The lowest BCUT2D eigenvalue weighted by Gasteiger charge is -2.32. The molecular formula is C16H28N4O. The first-order chi connectivity index (χ1) is 9.71. The van der Waals surface area contributed by atoms with Crippen molar-refractivity contribution in [3.05, 3.63) is 17.5 Å². The number of carbonyl (C=O) groups excluding carboxylic acids is 1. The number of rotatable bonds is 2. The molecule has 2 rings (SSSR count). The van der Waals surface area contributed by atoms with Gasteiger partial charge in [0, 0.05) is 26.2 Å². The van der Waals surface area contributed by atoms with Crippen LogP contribution in [0.2, 0.25) is 0 Å². The molecule has 0 aromatic carbocycles. The van der Waals surface area contributed by atoms with Crippen molar-refractivity contribution in [3.63, 3.8) is 0 Å². The standard InChI is InChI=1S/C16H28N4O/c1-12(2)14-13(11-17-20(14)16(3,4)5)15(21)19-9-7-18(6)8-10-19/h11-12H,7-10H2,1-6H3. The summed E-state index contributed by atoms with van der Waals surface area (Å²) in [6.07, 6.45) is 1.75. The van der Waals surface area contributed by atoms with E-state index in [1.165, 1.54) is 0 Å². The molecule has 21 heavy (non-hydrogen) atoms. The number of aromatic nitrogens is 2. The molecule has 1 aliphatic rings. The van der Waals surface area contributed by atoms with Gasteiger partial charge in [0.1, 0.15) is 0 Å². The number of carbonyl (C=O) groups is 1. The lowest BCUT2D eigenvalue weighted by Crippen LogP contribution is -2.47. The fourth-order valence-corrected chi connectivity index (χ4v) is 2.79. The van der Waals surface area contributed by atoms with Crippen molar-refractivity contribution in [2.75, 3.05) is 33.2 Å². The highest BCUT2D eigenvalue weighted by Gasteiger charge is 2.29.